The first kappa shape index (κ1) is 16.6. The lowest BCUT2D eigenvalue weighted by Crippen LogP contribution is -2.33. The van der Waals surface area contributed by atoms with E-state index in [4.69, 9.17) is 14.2 Å². The van der Waals surface area contributed by atoms with Gasteiger partial charge in [-0.2, -0.15) is 0 Å². The molecule has 5 nitrogen and oxygen atoms in total. The van der Waals surface area contributed by atoms with Crippen LogP contribution in [0.1, 0.15) is 40.0 Å². The summed E-state index contributed by atoms with van der Waals surface area (Å²) >= 11 is 3.90. The molecule has 2 aliphatic heterocycles. The predicted octanol–water partition coefficient (Wildman–Crippen LogP) is 2.82. The topological polar surface area (TPSA) is 61.8 Å². The Kier molecular flexibility index (Phi) is 5.54. The quantitative estimate of drug-likeness (QED) is 0.603. The number of hydrogen-bond acceptors (Lipinski definition) is 5. The second kappa shape index (κ2) is 7.01. The average Bonchev–Trinajstić information content (AvgIpc) is 2.96. The van der Waals surface area contributed by atoms with Crippen LogP contribution < -0.4 is 0 Å². The van der Waals surface area contributed by atoms with Crippen molar-refractivity contribution in [1.82, 2.24) is 0 Å². The van der Waals surface area contributed by atoms with E-state index in [1.54, 1.807) is 13.8 Å². The molecule has 120 valence electrons. The van der Waals surface area contributed by atoms with Gasteiger partial charge in [0.25, 0.3) is 0 Å². The number of carbonyl (C=O) groups excluding carboxylic acids is 2. The van der Waals surface area contributed by atoms with Crippen LogP contribution in [-0.2, 0) is 19.0 Å². The van der Waals surface area contributed by atoms with Crippen LogP contribution in [0.25, 0.3) is 0 Å². The van der Waals surface area contributed by atoms with Gasteiger partial charge in [-0.25, -0.2) is 4.79 Å². The van der Waals surface area contributed by atoms with Crippen molar-refractivity contribution >= 4 is 23.9 Å². The number of thiol groups is 1. The van der Waals surface area contributed by atoms with E-state index in [9.17, 15) is 9.59 Å². The van der Waals surface area contributed by atoms with Gasteiger partial charge in [0, 0.05) is 11.8 Å². The van der Waals surface area contributed by atoms with E-state index >= 15 is 0 Å². The fourth-order valence-electron chi connectivity index (χ4n) is 3.33. The lowest BCUT2D eigenvalue weighted by atomic mass is 9.75. The number of hydrogen-bond donors (Lipinski definition) is 1. The average molecular weight is 316 g/mol. The smallest absolute Gasteiger partial charge is 0.434 e. The monoisotopic (exact) mass is 316 g/mol. The number of rotatable bonds is 6. The minimum atomic E-state index is -0.634. The molecule has 0 aromatic heterocycles. The van der Waals surface area contributed by atoms with Crippen LogP contribution in [0.15, 0.2) is 0 Å². The molecule has 6 heteroatoms. The molecule has 0 aromatic rings. The van der Waals surface area contributed by atoms with Gasteiger partial charge in [0.2, 0.25) is 0 Å². The molecule has 0 radical (unpaired) electrons. The summed E-state index contributed by atoms with van der Waals surface area (Å²) in [4.78, 5) is 22.9. The zero-order valence-corrected chi connectivity index (χ0v) is 13.7. The molecule has 2 rings (SSSR count). The summed E-state index contributed by atoms with van der Waals surface area (Å²) in [7, 11) is 0. The van der Waals surface area contributed by atoms with Gasteiger partial charge >= 0.3 is 6.16 Å². The maximum atomic E-state index is 11.5. The lowest BCUT2D eigenvalue weighted by Gasteiger charge is -2.28. The van der Waals surface area contributed by atoms with E-state index in [2.05, 4.69) is 12.6 Å². The predicted molar refractivity (Wildman–Crippen MR) is 80.2 cm³/mol. The summed E-state index contributed by atoms with van der Waals surface area (Å²) in [6.45, 7) is 5.74. The first-order valence-electron chi connectivity index (χ1n) is 7.60. The van der Waals surface area contributed by atoms with Gasteiger partial charge < -0.3 is 14.2 Å². The maximum absolute atomic E-state index is 11.5. The summed E-state index contributed by atoms with van der Waals surface area (Å²) in [6, 6.07) is 0. The van der Waals surface area contributed by atoms with Gasteiger partial charge in [-0.15, -0.1) is 12.6 Å². The molecule has 0 aliphatic carbocycles. The summed E-state index contributed by atoms with van der Waals surface area (Å²) in [6.07, 6.45) is 2.24. The number of ether oxygens (including phenoxy) is 3. The molecule has 2 heterocycles. The fraction of sp³-hybridized carbons (Fsp3) is 0.867. The standard InChI is InChI=1S/C15H24O5S/c1-8(2)19-15(17)18-7-11-10(6-9(3)14(16)21)12-4-5-13(11)20-12/h8-13H,4-7H2,1-3H3,(H,16,21)/t9-,10?,11+,12-,13+/m0/s1. The molecule has 0 spiro atoms. The van der Waals surface area contributed by atoms with Crippen LogP contribution in [0.3, 0.4) is 0 Å². The van der Waals surface area contributed by atoms with Crippen molar-refractivity contribution in [3.8, 4) is 0 Å². The highest BCUT2D eigenvalue weighted by Crippen LogP contribution is 2.46. The lowest BCUT2D eigenvalue weighted by molar-refractivity contribution is -0.114. The van der Waals surface area contributed by atoms with Crippen molar-refractivity contribution in [3.05, 3.63) is 0 Å². The highest BCUT2D eigenvalue weighted by Gasteiger charge is 2.49. The van der Waals surface area contributed by atoms with Crippen LogP contribution in [-0.4, -0.2) is 36.2 Å². The minimum absolute atomic E-state index is 0.100. The van der Waals surface area contributed by atoms with Crippen LogP contribution in [0, 0.1) is 17.8 Å². The third-order valence-electron chi connectivity index (χ3n) is 4.36. The highest BCUT2D eigenvalue weighted by molar-refractivity contribution is 7.96. The van der Waals surface area contributed by atoms with Gasteiger partial charge in [0.05, 0.1) is 18.3 Å². The first-order chi connectivity index (χ1) is 9.88. The number of carbonyl (C=O) groups is 2. The summed E-state index contributed by atoms with van der Waals surface area (Å²) in [5, 5.41) is -0.100. The second-order valence-corrected chi connectivity index (χ2v) is 6.76. The fourth-order valence-corrected chi connectivity index (χ4v) is 3.43. The van der Waals surface area contributed by atoms with E-state index in [0.717, 1.165) is 19.3 Å². The van der Waals surface area contributed by atoms with Crippen LogP contribution in [0.2, 0.25) is 0 Å². The van der Waals surface area contributed by atoms with Crippen molar-refractivity contribution in [1.29, 1.82) is 0 Å². The van der Waals surface area contributed by atoms with Crippen molar-refractivity contribution in [3.63, 3.8) is 0 Å². The number of fused-ring (bicyclic) bond motifs is 2. The van der Waals surface area contributed by atoms with E-state index < -0.39 is 6.16 Å². The molecule has 2 aliphatic rings. The van der Waals surface area contributed by atoms with Crippen LogP contribution >= 0.6 is 12.6 Å². The van der Waals surface area contributed by atoms with Crippen molar-refractivity contribution in [2.45, 2.75) is 58.3 Å². The molecule has 21 heavy (non-hydrogen) atoms. The van der Waals surface area contributed by atoms with Gasteiger partial charge in [-0.3, -0.25) is 4.79 Å². The van der Waals surface area contributed by atoms with Crippen molar-refractivity contribution < 1.29 is 23.8 Å². The Bertz CT molecular complexity index is 398. The summed E-state index contributed by atoms with van der Waals surface area (Å²) in [5.41, 5.74) is 0. The van der Waals surface area contributed by atoms with Gasteiger partial charge in [-0.1, -0.05) is 6.92 Å². The molecule has 0 aromatic carbocycles. The molecular weight excluding hydrogens is 292 g/mol. The SMILES string of the molecule is CC(C)OC(=O)OC[C@@H]1C(C[C@H](C)C(=O)S)[C@@H]2CC[C@H]1O2. The largest absolute Gasteiger partial charge is 0.508 e. The van der Waals surface area contributed by atoms with Crippen molar-refractivity contribution in [2.24, 2.45) is 17.8 Å². The highest BCUT2D eigenvalue weighted by atomic mass is 32.1. The molecule has 0 amide bonds. The molecule has 1 unspecified atom stereocenters. The summed E-state index contributed by atoms with van der Waals surface area (Å²) in [5.74, 6) is 0.298. The van der Waals surface area contributed by atoms with Gasteiger partial charge in [0.15, 0.2) is 5.12 Å². The first-order valence-corrected chi connectivity index (χ1v) is 8.05. The molecule has 2 saturated heterocycles. The Morgan fingerprint density at radius 2 is 1.81 bits per heavy atom. The molecule has 0 N–H and O–H groups in total. The van der Waals surface area contributed by atoms with E-state index in [1.165, 1.54) is 0 Å². The molecule has 2 bridgehead atoms. The molecule has 0 saturated carbocycles. The van der Waals surface area contributed by atoms with E-state index in [-0.39, 0.29) is 41.2 Å². The molecular formula is C15H24O5S. The second-order valence-electron chi connectivity index (χ2n) is 6.32. The zero-order valence-electron chi connectivity index (χ0n) is 12.8. The Labute approximate surface area is 131 Å². The maximum Gasteiger partial charge on any atom is 0.508 e. The van der Waals surface area contributed by atoms with Crippen LogP contribution in [0.4, 0.5) is 4.79 Å². The Morgan fingerprint density at radius 3 is 2.38 bits per heavy atom. The van der Waals surface area contributed by atoms with E-state index in [0.29, 0.717) is 6.61 Å². The third kappa shape index (κ3) is 4.13. The molecule has 2 fully saturated rings. The van der Waals surface area contributed by atoms with E-state index in [1.807, 2.05) is 6.92 Å². The zero-order chi connectivity index (χ0) is 15.6. The van der Waals surface area contributed by atoms with Crippen LogP contribution in [0.5, 0.6) is 0 Å². The van der Waals surface area contributed by atoms with Crippen molar-refractivity contribution in [2.75, 3.05) is 6.61 Å². The third-order valence-corrected chi connectivity index (χ3v) is 4.80. The Balaban J connectivity index is 1.90. The Hall–Kier alpha value is -0.750. The Morgan fingerprint density at radius 1 is 1.19 bits per heavy atom. The van der Waals surface area contributed by atoms with Gasteiger partial charge in [0.1, 0.15) is 6.61 Å². The normalized spacial score (nSPS) is 32.2. The summed E-state index contributed by atoms with van der Waals surface area (Å²) < 4.78 is 16.1. The minimum Gasteiger partial charge on any atom is -0.434 e. The van der Waals surface area contributed by atoms with Gasteiger partial charge in [-0.05, 0) is 39.0 Å². The molecule has 5 atom stereocenters.